The summed E-state index contributed by atoms with van der Waals surface area (Å²) in [4.78, 5) is 29.7. The summed E-state index contributed by atoms with van der Waals surface area (Å²) in [5.74, 6) is 0.167. The van der Waals surface area contributed by atoms with Gasteiger partial charge in [-0.2, -0.15) is 0 Å². The highest BCUT2D eigenvalue weighted by Crippen LogP contribution is 2.24. The van der Waals surface area contributed by atoms with Crippen LogP contribution in [0, 0.1) is 0 Å². The summed E-state index contributed by atoms with van der Waals surface area (Å²) in [5.41, 5.74) is 1.93. The van der Waals surface area contributed by atoms with Crippen molar-refractivity contribution in [3.63, 3.8) is 0 Å². The van der Waals surface area contributed by atoms with Gasteiger partial charge in [0.25, 0.3) is 0 Å². The lowest BCUT2D eigenvalue weighted by atomic mass is 9.92. The molecule has 2 aromatic rings. The van der Waals surface area contributed by atoms with Gasteiger partial charge < -0.3 is 20.5 Å². The van der Waals surface area contributed by atoms with Crippen LogP contribution in [0.25, 0.3) is 10.9 Å². The van der Waals surface area contributed by atoms with Gasteiger partial charge in [0.1, 0.15) is 0 Å². The second kappa shape index (κ2) is 6.69. The molecule has 0 bridgehead atoms. The highest BCUT2D eigenvalue weighted by Gasteiger charge is 2.34. The van der Waals surface area contributed by atoms with Gasteiger partial charge in [-0.1, -0.05) is 17.7 Å². The maximum atomic E-state index is 12.8. The lowest BCUT2D eigenvalue weighted by Crippen LogP contribution is -2.51. The summed E-state index contributed by atoms with van der Waals surface area (Å²) in [6.07, 6.45) is 3.83. The van der Waals surface area contributed by atoms with Gasteiger partial charge in [-0.3, -0.25) is 4.79 Å². The van der Waals surface area contributed by atoms with Crippen LogP contribution in [-0.4, -0.2) is 53.4 Å². The zero-order valence-electron chi connectivity index (χ0n) is 13.8. The molecule has 4 rings (SSSR count). The molecular weight excluding hydrogens is 340 g/mol. The third-order valence-corrected chi connectivity index (χ3v) is 5.42. The van der Waals surface area contributed by atoms with Crippen molar-refractivity contribution in [1.82, 2.24) is 20.5 Å². The fourth-order valence-electron chi connectivity index (χ4n) is 3.88. The molecule has 0 aliphatic carbocycles. The smallest absolute Gasteiger partial charge is 0.317 e. The van der Waals surface area contributed by atoms with Crippen molar-refractivity contribution in [1.29, 1.82) is 0 Å². The van der Waals surface area contributed by atoms with Gasteiger partial charge in [0, 0.05) is 47.7 Å². The number of halogens is 1. The summed E-state index contributed by atoms with van der Waals surface area (Å²) in [6, 6.07) is 5.58. The number of H-pyrrole nitrogens is 1. The Bertz CT molecular complexity index is 819. The molecule has 6 nitrogen and oxygen atoms in total. The molecule has 132 valence electrons. The minimum Gasteiger partial charge on any atom is -0.361 e. The summed E-state index contributed by atoms with van der Waals surface area (Å²) in [7, 11) is 0. The molecule has 0 radical (unpaired) electrons. The maximum Gasteiger partial charge on any atom is 0.317 e. The van der Waals surface area contributed by atoms with Crippen molar-refractivity contribution in [2.45, 2.75) is 31.3 Å². The SMILES string of the molecule is O=C(Cc1c[nH]c2cc(Cl)ccc12)C1CC(N2CCNC2=O)CCN1. The highest BCUT2D eigenvalue weighted by molar-refractivity contribution is 6.31. The van der Waals surface area contributed by atoms with E-state index in [1.807, 2.05) is 29.3 Å². The van der Waals surface area contributed by atoms with E-state index in [0.29, 0.717) is 24.4 Å². The third-order valence-electron chi connectivity index (χ3n) is 5.19. The zero-order valence-corrected chi connectivity index (χ0v) is 14.6. The van der Waals surface area contributed by atoms with Crippen LogP contribution in [0.3, 0.4) is 0 Å². The highest BCUT2D eigenvalue weighted by atomic mass is 35.5. The van der Waals surface area contributed by atoms with Crippen molar-refractivity contribution in [3.8, 4) is 0 Å². The van der Waals surface area contributed by atoms with Crippen LogP contribution >= 0.6 is 11.6 Å². The number of hydrogen-bond acceptors (Lipinski definition) is 3. The number of urea groups is 1. The van der Waals surface area contributed by atoms with Crippen molar-refractivity contribution in [3.05, 3.63) is 35.0 Å². The lowest BCUT2D eigenvalue weighted by molar-refractivity contribution is -0.121. The fraction of sp³-hybridized carbons (Fsp3) is 0.444. The van der Waals surface area contributed by atoms with E-state index < -0.39 is 0 Å². The van der Waals surface area contributed by atoms with Crippen molar-refractivity contribution in [2.75, 3.05) is 19.6 Å². The van der Waals surface area contributed by atoms with E-state index in [2.05, 4.69) is 15.6 Å². The van der Waals surface area contributed by atoms with Crippen molar-refractivity contribution < 1.29 is 9.59 Å². The molecule has 2 aliphatic heterocycles. The summed E-state index contributed by atoms with van der Waals surface area (Å²) in [5, 5.41) is 7.86. The van der Waals surface area contributed by atoms with E-state index in [0.717, 1.165) is 36.0 Å². The first-order valence-corrected chi connectivity index (χ1v) is 9.05. The molecule has 2 aliphatic rings. The Kier molecular flexibility index (Phi) is 4.39. The van der Waals surface area contributed by atoms with Gasteiger partial charge in [0.2, 0.25) is 0 Å². The molecule has 2 amide bonds. The number of nitrogens with one attached hydrogen (secondary N) is 3. The minimum atomic E-state index is -0.204. The summed E-state index contributed by atoms with van der Waals surface area (Å²) >= 11 is 6.01. The van der Waals surface area contributed by atoms with Crippen LogP contribution in [0.4, 0.5) is 4.79 Å². The Hall–Kier alpha value is -2.05. The Morgan fingerprint density at radius 1 is 1.32 bits per heavy atom. The van der Waals surface area contributed by atoms with Gasteiger partial charge in [-0.25, -0.2) is 4.79 Å². The van der Waals surface area contributed by atoms with Crippen LogP contribution in [0.5, 0.6) is 0 Å². The first-order valence-electron chi connectivity index (χ1n) is 8.68. The second-order valence-electron chi connectivity index (χ2n) is 6.76. The number of aromatic nitrogens is 1. The quantitative estimate of drug-likeness (QED) is 0.781. The van der Waals surface area contributed by atoms with Gasteiger partial charge in [0.15, 0.2) is 5.78 Å². The average molecular weight is 361 g/mol. The normalized spacial score (nSPS) is 23.9. The molecular formula is C18H21ClN4O2. The fourth-order valence-corrected chi connectivity index (χ4v) is 4.05. The van der Waals surface area contributed by atoms with Gasteiger partial charge in [-0.15, -0.1) is 0 Å². The Morgan fingerprint density at radius 3 is 3.00 bits per heavy atom. The van der Waals surface area contributed by atoms with Gasteiger partial charge in [-0.05, 0) is 37.1 Å². The molecule has 3 N–H and O–H groups in total. The monoisotopic (exact) mass is 360 g/mol. The molecule has 7 heteroatoms. The Labute approximate surface area is 150 Å². The zero-order chi connectivity index (χ0) is 17.4. The van der Waals surface area contributed by atoms with Crippen LogP contribution in [-0.2, 0) is 11.2 Å². The number of carbonyl (C=O) groups excluding carboxylic acids is 2. The molecule has 2 fully saturated rings. The molecule has 0 saturated carbocycles. The molecule has 2 saturated heterocycles. The number of amides is 2. The van der Waals surface area contributed by atoms with Crippen molar-refractivity contribution >= 4 is 34.3 Å². The Balaban J connectivity index is 1.45. The second-order valence-corrected chi connectivity index (χ2v) is 7.19. The van der Waals surface area contributed by atoms with E-state index in [1.54, 1.807) is 0 Å². The van der Waals surface area contributed by atoms with E-state index in [1.165, 1.54) is 0 Å². The molecule has 2 atom stereocenters. The Morgan fingerprint density at radius 2 is 2.20 bits per heavy atom. The van der Waals surface area contributed by atoms with Crippen molar-refractivity contribution in [2.24, 2.45) is 0 Å². The van der Waals surface area contributed by atoms with Crippen LogP contribution in [0.2, 0.25) is 5.02 Å². The number of carbonyl (C=O) groups is 2. The lowest BCUT2D eigenvalue weighted by Gasteiger charge is -2.34. The first-order chi connectivity index (χ1) is 12.1. The summed E-state index contributed by atoms with van der Waals surface area (Å²) < 4.78 is 0. The number of aromatic amines is 1. The number of benzene rings is 1. The molecule has 2 unspecified atom stereocenters. The molecule has 25 heavy (non-hydrogen) atoms. The molecule has 1 aromatic carbocycles. The van der Waals surface area contributed by atoms with Crippen LogP contribution < -0.4 is 10.6 Å². The number of ketones is 1. The molecule has 0 spiro atoms. The maximum absolute atomic E-state index is 12.8. The standard InChI is InChI=1S/C18H21ClN4O2/c19-12-1-2-14-11(10-22-15(14)8-12)7-17(24)16-9-13(3-4-20-16)23-6-5-21-18(23)25/h1-2,8,10,13,16,20,22H,3-7,9H2,(H,21,25). The van der Waals surface area contributed by atoms with E-state index in [-0.39, 0.29) is 23.9 Å². The van der Waals surface area contributed by atoms with Gasteiger partial charge >= 0.3 is 6.03 Å². The number of nitrogens with zero attached hydrogens (tertiary/aromatic N) is 1. The minimum absolute atomic E-state index is 0.00777. The topological polar surface area (TPSA) is 77.2 Å². The van der Waals surface area contributed by atoms with Crippen LogP contribution in [0.1, 0.15) is 18.4 Å². The van der Waals surface area contributed by atoms with E-state index >= 15 is 0 Å². The van der Waals surface area contributed by atoms with Gasteiger partial charge in [0.05, 0.1) is 6.04 Å². The predicted octanol–water partition coefficient (Wildman–Crippen LogP) is 2.08. The average Bonchev–Trinajstić information content (AvgIpc) is 3.21. The summed E-state index contributed by atoms with van der Waals surface area (Å²) in [6.45, 7) is 2.18. The first kappa shape index (κ1) is 16.4. The number of Topliss-reactive ketones (excluding diaryl/α,β-unsaturated/α-hetero) is 1. The predicted molar refractivity (Wildman–Crippen MR) is 96.9 cm³/mol. The molecule has 3 heterocycles. The number of rotatable bonds is 4. The third kappa shape index (κ3) is 3.24. The number of hydrogen-bond donors (Lipinski definition) is 3. The van der Waals surface area contributed by atoms with E-state index in [4.69, 9.17) is 11.6 Å². The molecule has 1 aromatic heterocycles. The van der Waals surface area contributed by atoms with Crippen LogP contribution in [0.15, 0.2) is 24.4 Å². The number of piperidine rings is 1. The largest absolute Gasteiger partial charge is 0.361 e. The number of fused-ring (bicyclic) bond motifs is 1. The van der Waals surface area contributed by atoms with E-state index in [9.17, 15) is 9.59 Å².